The number of nitrogens with zero attached hydrogens (tertiary/aromatic N) is 2. The lowest BCUT2D eigenvalue weighted by atomic mass is 10.0. The van der Waals surface area contributed by atoms with Crippen molar-refractivity contribution in [2.24, 2.45) is 0 Å². The van der Waals surface area contributed by atoms with Crippen LogP contribution in [0.25, 0.3) is 0 Å². The van der Waals surface area contributed by atoms with Crippen molar-refractivity contribution in [1.82, 2.24) is 4.90 Å². The Labute approximate surface area is 193 Å². The minimum absolute atomic E-state index is 0.00325. The maximum atomic E-state index is 13.0. The highest BCUT2D eigenvalue weighted by molar-refractivity contribution is 7.12. The zero-order chi connectivity index (χ0) is 23.1. The summed E-state index contributed by atoms with van der Waals surface area (Å²) >= 11 is 1.40. The average Bonchev–Trinajstić information content (AvgIpc) is 3.33. The number of methoxy groups -OCH3 is 1. The van der Waals surface area contributed by atoms with Gasteiger partial charge in [-0.15, -0.1) is 11.3 Å². The van der Waals surface area contributed by atoms with E-state index in [0.29, 0.717) is 17.1 Å². The summed E-state index contributed by atoms with van der Waals surface area (Å²) in [6, 6.07) is 19.2. The van der Waals surface area contributed by atoms with Crippen LogP contribution in [0.1, 0.15) is 33.8 Å². The second-order valence-electron chi connectivity index (χ2n) is 7.71. The highest BCUT2D eigenvalue weighted by Crippen LogP contribution is 2.29. The smallest absolute Gasteiger partial charge is 0.265 e. The number of benzene rings is 2. The molecule has 0 aliphatic carbocycles. The van der Waals surface area contributed by atoms with E-state index < -0.39 is 0 Å². The second-order valence-corrected chi connectivity index (χ2v) is 8.66. The summed E-state index contributed by atoms with van der Waals surface area (Å²) in [4.78, 5) is 30.0. The molecule has 1 atom stereocenters. The number of carbonyl (C=O) groups is 2. The van der Waals surface area contributed by atoms with Gasteiger partial charge in [-0.3, -0.25) is 9.59 Å². The molecule has 0 radical (unpaired) electrons. The second kappa shape index (κ2) is 10.9. The molecule has 32 heavy (non-hydrogen) atoms. The van der Waals surface area contributed by atoms with Gasteiger partial charge in [-0.2, -0.15) is 0 Å². The first-order valence-electron chi connectivity index (χ1n) is 10.4. The van der Waals surface area contributed by atoms with Gasteiger partial charge >= 0.3 is 0 Å². The normalized spacial score (nSPS) is 11.6. The zero-order valence-corrected chi connectivity index (χ0v) is 19.7. The molecule has 0 aliphatic rings. The zero-order valence-electron chi connectivity index (χ0n) is 18.9. The van der Waals surface area contributed by atoms with Gasteiger partial charge in [0, 0.05) is 39.1 Å². The van der Waals surface area contributed by atoms with Crippen LogP contribution in [0.2, 0.25) is 0 Å². The summed E-state index contributed by atoms with van der Waals surface area (Å²) in [5.74, 6) is -0.241. The molecule has 1 N–H and O–H groups in total. The van der Waals surface area contributed by atoms with Crippen molar-refractivity contribution in [3.05, 3.63) is 82.0 Å². The Balaban J connectivity index is 1.92. The quantitative estimate of drug-likeness (QED) is 0.508. The molecular formula is C25H29N3O3S. The monoisotopic (exact) mass is 451 g/mol. The van der Waals surface area contributed by atoms with Crippen molar-refractivity contribution >= 4 is 34.5 Å². The lowest BCUT2D eigenvalue weighted by Gasteiger charge is -2.31. The maximum absolute atomic E-state index is 13.0. The van der Waals surface area contributed by atoms with E-state index in [2.05, 4.69) is 5.32 Å². The molecule has 0 saturated carbocycles. The van der Waals surface area contributed by atoms with Gasteiger partial charge in [-0.05, 0) is 47.7 Å². The van der Waals surface area contributed by atoms with E-state index in [1.165, 1.54) is 18.4 Å². The van der Waals surface area contributed by atoms with Crippen molar-refractivity contribution in [1.29, 1.82) is 0 Å². The summed E-state index contributed by atoms with van der Waals surface area (Å²) in [5, 5.41) is 4.84. The number of ether oxygens (including phenoxy) is 1. The SMILES string of the molecule is COCC(=O)N(Cc1cc(NC(=O)c2cccs2)ccc1N(C)C)C(C)c1ccccc1. The fourth-order valence-electron chi connectivity index (χ4n) is 3.57. The average molecular weight is 452 g/mol. The third kappa shape index (κ3) is 5.75. The van der Waals surface area contributed by atoms with Crippen LogP contribution >= 0.6 is 11.3 Å². The Hall–Kier alpha value is -3.16. The van der Waals surface area contributed by atoms with Gasteiger partial charge in [0.1, 0.15) is 6.61 Å². The number of hydrogen-bond donors (Lipinski definition) is 1. The van der Waals surface area contributed by atoms with Gasteiger partial charge < -0.3 is 19.9 Å². The van der Waals surface area contributed by atoms with Crippen molar-refractivity contribution in [3.8, 4) is 0 Å². The van der Waals surface area contributed by atoms with Crippen LogP contribution < -0.4 is 10.2 Å². The fourth-order valence-corrected chi connectivity index (χ4v) is 4.19. The molecule has 168 valence electrons. The first-order chi connectivity index (χ1) is 15.4. The minimum Gasteiger partial charge on any atom is -0.377 e. The molecule has 0 aliphatic heterocycles. The van der Waals surface area contributed by atoms with E-state index in [4.69, 9.17) is 4.74 Å². The molecule has 6 nitrogen and oxygen atoms in total. The molecule has 2 aromatic carbocycles. The Morgan fingerprint density at radius 2 is 1.81 bits per heavy atom. The van der Waals surface area contributed by atoms with Crippen molar-refractivity contribution < 1.29 is 14.3 Å². The number of rotatable bonds is 9. The molecule has 0 spiro atoms. The summed E-state index contributed by atoms with van der Waals surface area (Å²) in [6.07, 6.45) is 0. The summed E-state index contributed by atoms with van der Waals surface area (Å²) in [6.45, 7) is 2.40. The van der Waals surface area contributed by atoms with Crippen LogP contribution in [-0.4, -0.2) is 44.5 Å². The Kier molecular flexibility index (Phi) is 8.03. The van der Waals surface area contributed by atoms with Crippen LogP contribution in [0.3, 0.4) is 0 Å². The molecule has 0 saturated heterocycles. The van der Waals surface area contributed by atoms with Crippen molar-refractivity contribution in [2.45, 2.75) is 19.5 Å². The highest BCUT2D eigenvalue weighted by atomic mass is 32.1. The van der Waals surface area contributed by atoms with E-state index in [1.54, 1.807) is 6.07 Å². The molecular weight excluding hydrogens is 422 g/mol. The molecule has 1 aromatic heterocycles. The Morgan fingerprint density at radius 1 is 1.06 bits per heavy atom. The third-order valence-electron chi connectivity index (χ3n) is 5.24. The number of hydrogen-bond acceptors (Lipinski definition) is 5. The predicted octanol–water partition coefficient (Wildman–Crippen LogP) is 4.80. The summed E-state index contributed by atoms with van der Waals surface area (Å²) in [7, 11) is 5.45. The van der Waals surface area contributed by atoms with Crippen LogP contribution in [0.15, 0.2) is 66.0 Å². The van der Waals surface area contributed by atoms with Crippen LogP contribution in [0, 0.1) is 0 Å². The van der Waals surface area contributed by atoms with Gasteiger partial charge in [0.2, 0.25) is 5.91 Å². The van der Waals surface area contributed by atoms with Gasteiger partial charge in [0.25, 0.3) is 5.91 Å². The lowest BCUT2D eigenvalue weighted by Crippen LogP contribution is -2.36. The Bertz CT molecular complexity index is 1040. The van der Waals surface area contributed by atoms with E-state index in [0.717, 1.165) is 16.8 Å². The van der Waals surface area contributed by atoms with E-state index >= 15 is 0 Å². The number of nitrogens with one attached hydrogen (secondary N) is 1. The van der Waals surface area contributed by atoms with Crippen LogP contribution in [-0.2, 0) is 16.1 Å². The van der Waals surface area contributed by atoms with Gasteiger partial charge in [-0.25, -0.2) is 0 Å². The number of amides is 2. The lowest BCUT2D eigenvalue weighted by molar-refractivity contribution is -0.138. The molecule has 7 heteroatoms. The van der Waals surface area contributed by atoms with E-state index in [1.807, 2.05) is 90.8 Å². The van der Waals surface area contributed by atoms with Gasteiger partial charge in [-0.1, -0.05) is 36.4 Å². The van der Waals surface area contributed by atoms with Crippen molar-refractivity contribution in [2.75, 3.05) is 38.0 Å². The van der Waals surface area contributed by atoms with Gasteiger partial charge in [0.05, 0.1) is 10.9 Å². The Morgan fingerprint density at radius 3 is 2.44 bits per heavy atom. The third-order valence-corrected chi connectivity index (χ3v) is 6.11. The van der Waals surface area contributed by atoms with Crippen molar-refractivity contribution in [3.63, 3.8) is 0 Å². The molecule has 2 amide bonds. The molecule has 0 fully saturated rings. The molecule has 0 bridgehead atoms. The molecule has 1 unspecified atom stereocenters. The summed E-state index contributed by atoms with van der Waals surface area (Å²) < 4.78 is 5.15. The van der Waals surface area contributed by atoms with Crippen LogP contribution in [0.4, 0.5) is 11.4 Å². The standard InChI is InChI=1S/C25H29N3O3S/c1-18(19-9-6-5-7-10-19)28(24(29)17-31-4)16-20-15-21(12-13-22(20)27(2)3)26-25(30)23-11-8-14-32-23/h5-15,18H,16-17H2,1-4H3,(H,26,30). The predicted molar refractivity (Wildman–Crippen MR) is 130 cm³/mol. The number of carbonyl (C=O) groups excluding carboxylic acids is 2. The highest BCUT2D eigenvalue weighted by Gasteiger charge is 2.23. The van der Waals surface area contributed by atoms with Gasteiger partial charge in [0.15, 0.2) is 0 Å². The van der Waals surface area contributed by atoms with Crippen LogP contribution in [0.5, 0.6) is 0 Å². The maximum Gasteiger partial charge on any atom is 0.265 e. The van der Waals surface area contributed by atoms with E-state index in [-0.39, 0.29) is 24.5 Å². The topological polar surface area (TPSA) is 61.9 Å². The summed E-state index contributed by atoms with van der Waals surface area (Å²) in [5.41, 5.74) is 3.65. The van der Waals surface area contributed by atoms with E-state index in [9.17, 15) is 9.59 Å². The molecule has 3 aromatic rings. The first-order valence-corrected chi connectivity index (χ1v) is 11.3. The molecule has 3 rings (SSSR count). The largest absolute Gasteiger partial charge is 0.377 e. The number of anilines is 2. The minimum atomic E-state index is -0.145. The first kappa shape index (κ1) is 23.5. The fraction of sp³-hybridized carbons (Fsp3) is 0.280. The molecule has 1 heterocycles. The number of thiophene rings is 1.